The molecule has 16 heavy (non-hydrogen) atoms. The molecule has 4 atom stereocenters. The van der Waals surface area contributed by atoms with Crippen molar-refractivity contribution in [3.8, 4) is 0 Å². The van der Waals surface area contributed by atoms with Crippen molar-refractivity contribution in [1.82, 2.24) is 0 Å². The van der Waals surface area contributed by atoms with Gasteiger partial charge in [0.2, 0.25) is 0 Å². The summed E-state index contributed by atoms with van der Waals surface area (Å²) in [6.45, 7) is 0. The number of thiophene rings is 1. The van der Waals surface area contributed by atoms with Gasteiger partial charge in [-0.2, -0.15) is 0 Å². The van der Waals surface area contributed by atoms with E-state index in [0.717, 1.165) is 11.3 Å². The van der Waals surface area contributed by atoms with Crippen molar-refractivity contribution in [3.05, 3.63) is 22.4 Å². The lowest BCUT2D eigenvalue weighted by molar-refractivity contribution is -0.0647. The number of hydrogen-bond acceptors (Lipinski definition) is 1. The lowest BCUT2D eigenvalue weighted by atomic mass is 9.81. The molecule has 1 aliphatic carbocycles. The first-order chi connectivity index (χ1) is 7.54. The van der Waals surface area contributed by atoms with Crippen molar-refractivity contribution in [2.45, 2.75) is 36.8 Å². The second-order valence-electron chi connectivity index (χ2n) is 3.76. The Bertz CT molecular complexity index is 325. The third-order valence-electron chi connectivity index (χ3n) is 2.77. The molecule has 0 N–H and O–H groups in total. The topological polar surface area (TPSA) is 0 Å². The Morgan fingerprint density at radius 3 is 1.75 bits per heavy atom. The molecule has 0 nitrogen and oxygen atoms in total. The van der Waals surface area contributed by atoms with Crippen molar-refractivity contribution in [2.75, 3.05) is 0 Å². The molecule has 0 aromatic carbocycles. The Morgan fingerprint density at radius 2 is 1.31 bits per heavy atom. The zero-order valence-electron chi connectivity index (χ0n) is 7.99. The first kappa shape index (κ1) is 11.8. The molecule has 1 aromatic heterocycles. The van der Waals surface area contributed by atoms with Crippen LogP contribution in [0.1, 0.15) is 10.8 Å². The summed E-state index contributed by atoms with van der Waals surface area (Å²) in [4.78, 5) is 0.206. The number of halogens is 5. The van der Waals surface area contributed by atoms with Crippen LogP contribution in [0, 0.1) is 0 Å². The standard InChI is InChI=1S/C10H9F5S/c11-6-5(4-2-1-3-16-4)7(12)9(14)10(15)8(6)13/h1-3,5-10H. The van der Waals surface area contributed by atoms with E-state index < -0.39 is 36.8 Å². The van der Waals surface area contributed by atoms with E-state index in [0.29, 0.717) is 0 Å². The molecule has 0 aliphatic heterocycles. The molecule has 1 fully saturated rings. The molecule has 0 amide bonds. The van der Waals surface area contributed by atoms with Crippen molar-refractivity contribution < 1.29 is 22.0 Å². The van der Waals surface area contributed by atoms with Gasteiger partial charge in [0.25, 0.3) is 0 Å². The lowest BCUT2D eigenvalue weighted by Gasteiger charge is -2.35. The van der Waals surface area contributed by atoms with Crippen LogP contribution in [0.25, 0.3) is 0 Å². The minimum absolute atomic E-state index is 0.206. The summed E-state index contributed by atoms with van der Waals surface area (Å²) in [5, 5.41) is 1.55. The Hall–Kier alpha value is -0.650. The Morgan fingerprint density at radius 1 is 0.812 bits per heavy atom. The monoisotopic (exact) mass is 256 g/mol. The highest BCUT2D eigenvalue weighted by atomic mass is 32.1. The number of hydrogen-bond donors (Lipinski definition) is 0. The van der Waals surface area contributed by atoms with Gasteiger partial charge in [-0.15, -0.1) is 11.3 Å². The molecule has 4 unspecified atom stereocenters. The largest absolute Gasteiger partial charge is 0.243 e. The molecule has 0 spiro atoms. The molecule has 1 aliphatic rings. The summed E-state index contributed by atoms with van der Waals surface area (Å²) in [7, 11) is 0. The van der Waals surface area contributed by atoms with E-state index in [2.05, 4.69) is 0 Å². The van der Waals surface area contributed by atoms with Gasteiger partial charge in [0.05, 0.1) is 5.92 Å². The zero-order chi connectivity index (χ0) is 11.9. The Balaban J connectivity index is 2.30. The summed E-state index contributed by atoms with van der Waals surface area (Å²) in [6.07, 6.45) is -12.6. The average Bonchev–Trinajstić information content (AvgIpc) is 2.77. The highest BCUT2D eigenvalue weighted by molar-refractivity contribution is 7.10. The summed E-state index contributed by atoms with van der Waals surface area (Å²) in [5.74, 6) is -1.54. The van der Waals surface area contributed by atoms with Gasteiger partial charge in [-0.05, 0) is 11.4 Å². The molecule has 2 rings (SSSR count). The molecule has 6 heteroatoms. The minimum Gasteiger partial charge on any atom is -0.243 e. The van der Waals surface area contributed by atoms with E-state index in [9.17, 15) is 22.0 Å². The van der Waals surface area contributed by atoms with Crippen molar-refractivity contribution >= 4 is 11.3 Å². The highest BCUT2D eigenvalue weighted by Crippen LogP contribution is 2.42. The van der Waals surface area contributed by atoms with Crippen LogP contribution in [0.3, 0.4) is 0 Å². The van der Waals surface area contributed by atoms with Crippen LogP contribution in [0.2, 0.25) is 0 Å². The van der Waals surface area contributed by atoms with Crippen LogP contribution >= 0.6 is 11.3 Å². The second kappa shape index (κ2) is 4.31. The maximum absolute atomic E-state index is 13.5. The smallest absolute Gasteiger partial charge is 0.168 e. The fourth-order valence-electron chi connectivity index (χ4n) is 1.89. The zero-order valence-corrected chi connectivity index (χ0v) is 8.81. The van der Waals surface area contributed by atoms with E-state index in [4.69, 9.17) is 0 Å². The highest BCUT2D eigenvalue weighted by Gasteiger charge is 2.54. The number of rotatable bonds is 1. The van der Waals surface area contributed by atoms with Crippen LogP contribution in [0.4, 0.5) is 22.0 Å². The van der Waals surface area contributed by atoms with E-state index in [1.807, 2.05) is 0 Å². The van der Waals surface area contributed by atoms with E-state index in [1.54, 1.807) is 5.38 Å². The fraction of sp³-hybridized carbons (Fsp3) is 0.600. The molecule has 0 bridgehead atoms. The first-order valence-corrected chi connectivity index (χ1v) is 5.65. The Labute approximate surface area is 93.1 Å². The predicted octanol–water partition coefficient (Wildman–Crippen LogP) is 3.54. The van der Waals surface area contributed by atoms with Gasteiger partial charge < -0.3 is 0 Å². The van der Waals surface area contributed by atoms with Crippen LogP contribution in [-0.2, 0) is 0 Å². The van der Waals surface area contributed by atoms with Crippen molar-refractivity contribution in [1.29, 1.82) is 0 Å². The minimum atomic E-state index is -2.72. The summed E-state index contributed by atoms with van der Waals surface area (Å²) < 4.78 is 66.0. The maximum atomic E-state index is 13.5. The lowest BCUT2D eigenvalue weighted by Crippen LogP contribution is -2.51. The molecule has 90 valence electrons. The van der Waals surface area contributed by atoms with Gasteiger partial charge in [0, 0.05) is 4.88 Å². The van der Waals surface area contributed by atoms with E-state index in [-0.39, 0.29) is 4.88 Å². The molecule has 1 saturated carbocycles. The molecule has 1 aromatic rings. The van der Waals surface area contributed by atoms with Crippen LogP contribution in [-0.4, -0.2) is 30.9 Å². The van der Waals surface area contributed by atoms with E-state index >= 15 is 0 Å². The van der Waals surface area contributed by atoms with Gasteiger partial charge in [0.15, 0.2) is 18.5 Å². The van der Waals surface area contributed by atoms with Crippen molar-refractivity contribution in [2.24, 2.45) is 0 Å². The molecule has 1 heterocycles. The molecular weight excluding hydrogens is 247 g/mol. The third kappa shape index (κ3) is 1.73. The second-order valence-corrected chi connectivity index (χ2v) is 4.74. The molecular formula is C10H9F5S. The SMILES string of the molecule is FC1C(F)C(F)C(c2cccs2)C(F)C1F. The first-order valence-electron chi connectivity index (χ1n) is 4.77. The maximum Gasteiger partial charge on any atom is 0.168 e. The average molecular weight is 256 g/mol. The number of alkyl halides is 5. The Kier molecular flexibility index (Phi) is 3.19. The quantitative estimate of drug-likeness (QED) is 0.674. The van der Waals surface area contributed by atoms with Crippen molar-refractivity contribution in [3.63, 3.8) is 0 Å². The predicted molar refractivity (Wildman–Crippen MR) is 51.5 cm³/mol. The molecule has 0 radical (unpaired) electrons. The summed E-state index contributed by atoms with van der Waals surface area (Å²) in [5.41, 5.74) is 0. The fourth-order valence-corrected chi connectivity index (χ4v) is 2.78. The normalized spacial score (nSPS) is 44.6. The van der Waals surface area contributed by atoms with Crippen LogP contribution in [0.15, 0.2) is 17.5 Å². The summed E-state index contributed by atoms with van der Waals surface area (Å²) >= 11 is 1.01. The van der Waals surface area contributed by atoms with Gasteiger partial charge >= 0.3 is 0 Å². The van der Waals surface area contributed by atoms with Crippen LogP contribution in [0.5, 0.6) is 0 Å². The third-order valence-corrected chi connectivity index (χ3v) is 3.75. The van der Waals surface area contributed by atoms with E-state index in [1.165, 1.54) is 12.1 Å². The van der Waals surface area contributed by atoms with Gasteiger partial charge in [-0.1, -0.05) is 6.07 Å². The van der Waals surface area contributed by atoms with Gasteiger partial charge in [0.1, 0.15) is 12.3 Å². The van der Waals surface area contributed by atoms with Crippen LogP contribution < -0.4 is 0 Å². The molecule has 0 saturated heterocycles. The van der Waals surface area contributed by atoms with Gasteiger partial charge in [-0.25, -0.2) is 22.0 Å². The van der Waals surface area contributed by atoms with Gasteiger partial charge in [-0.3, -0.25) is 0 Å². The summed E-state index contributed by atoms with van der Waals surface area (Å²) in [6, 6.07) is 2.92.